The first-order valence-corrected chi connectivity index (χ1v) is 12.1. The van der Waals surface area contributed by atoms with Crippen molar-refractivity contribution in [1.82, 2.24) is 10.6 Å². The Hall–Kier alpha value is -4.50. The number of rotatable bonds is 5. The minimum atomic E-state index is -0.803. The van der Waals surface area contributed by atoms with Gasteiger partial charge in [0, 0.05) is 0 Å². The number of hydrogen-bond acceptors (Lipinski definition) is 9. The Labute approximate surface area is 227 Å². The normalized spacial score (nSPS) is 10.5. The highest BCUT2D eigenvalue weighted by Gasteiger charge is 2.21. The number of hydrogen-bond donors (Lipinski definition) is 2. The summed E-state index contributed by atoms with van der Waals surface area (Å²) in [5, 5.41) is 4.82. The summed E-state index contributed by atoms with van der Waals surface area (Å²) in [6.07, 6.45) is 0.643. The molecule has 2 amide bonds. The molecule has 2 N–H and O–H groups in total. The smallest absolute Gasteiger partial charge is 0.414 e. The fourth-order valence-electron chi connectivity index (χ4n) is 2.87. The molecule has 0 fully saturated rings. The van der Waals surface area contributed by atoms with E-state index in [4.69, 9.17) is 23.8 Å². The van der Waals surface area contributed by atoms with Crippen molar-refractivity contribution < 1.29 is 38.2 Å². The van der Waals surface area contributed by atoms with E-state index in [1.54, 1.807) is 65.8 Å². The van der Waals surface area contributed by atoms with E-state index < -0.39 is 29.4 Å². The second kappa shape index (κ2) is 15.0. The SMILES string of the molecule is CCCc1ccc(OC(=O)c2ccc(N=C(NC(=O)OC(C)(C)C)NC(=O)OC(C)(C)C)cc2)cc1.O=C=O. The molecule has 0 heterocycles. The molecular weight excluding hydrogens is 506 g/mol. The largest absolute Gasteiger partial charge is 0.444 e. The number of aliphatic imine (C=N–C) groups is 1. The van der Waals surface area contributed by atoms with Crippen LogP contribution in [0, 0.1) is 0 Å². The lowest BCUT2D eigenvalue weighted by Gasteiger charge is -2.22. The summed E-state index contributed by atoms with van der Waals surface area (Å²) < 4.78 is 15.9. The molecule has 0 radical (unpaired) electrons. The molecule has 2 rings (SSSR count). The maximum absolute atomic E-state index is 12.5. The lowest BCUT2D eigenvalue weighted by molar-refractivity contribution is -0.191. The molecule has 0 aromatic heterocycles. The predicted molar refractivity (Wildman–Crippen MR) is 143 cm³/mol. The molecule has 0 atom stereocenters. The third-order valence-electron chi connectivity index (χ3n) is 4.26. The fraction of sp³-hybridized carbons (Fsp3) is 0.393. The summed E-state index contributed by atoms with van der Waals surface area (Å²) in [6, 6.07) is 13.6. The van der Waals surface area contributed by atoms with Crippen LogP contribution in [0.2, 0.25) is 0 Å². The molecule has 0 aliphatic rings. The van der Waals surface area contributed by atoms with Gasteiger partial charge < -0.3 is 14.2 Å². The minimum absolute atomic E-state index is 0.194. The Balaban J connectivity index is 0.00000242. The topological polar surface area (TPSA) is 149 Å². The summed E-state index contributed by atoms with van der Waals surface area (Å²) in [4.78, 5) is 57.5. The van der Waals surface area contributed by atoms with Gasteiger partial charge >= 0.3 is 24.3 Å². The first-order chi connectivity index (χ1) is 18.2. The lowest BCUT2D eigenvalue weighted by Crippen LogP contribution is -2.47. The number of ether oxygens (including phenoxy) is 3. The van der Waals surface area contributed by atoms with Crippen LogP contribution in [-0.4, -0.2) is 41.5 Å². The van der Waals surface area contributed by atoms with Crippen molar-refractivity contribution in [2.45, 2.75) is 72.5 Å². The van der Waals surface area contributed by atoms with Gasteiger partial charge in [-0.3, -0.25) is 10.6 Å². The maximum Gasteiger partial charge on any atom is 0.414 e. The van der Waals surface area contributed by atoms with E-state index in [0.29, 0.717) is 17.0 Å². The van der Waals surface area contributed by atoms with Crippen LogP contribution in [0.15, 0.2) is 53.5 Å². The van der Waals surface area contributed by atoms with Gasteiger partial charge in [0.05, 0.1) is 11.3 Å². The Morgan fingerprint density at radius 1 is 0.795 bits per heavy atom. The van der Waals surface area contributed by atoms with Gasteiger partial charge in [-0.2, -0.15) is 9.59 Å². The Morgan fingerprint density at radius 2 is 1.26 bits per heavy atom. The number of carbonyl (C=O) groups excluding carboxylic acids is 5. The van der Waals surface area contributed by atoms with Crippen LogP contribution in [-0.2, 0) is 25.5 Å². The standard InChI is InChI=1S/C27H35N3O6.CO2/c1-8-9-18-10-16-21(17-11-18)34-22(31)19-12-14-20(15-13-19)28-23(29-24(32)35-26(2,3)4)30-25(33)36-27(5,6)7;2-1-3/h10-17H,8-9H2,1-7H3,(H2,28,29,30,32,33);. The fourth-order valence-corrected chi connectivity index (χ4v) is 2.87. The molecule has 39 heavy (non-hydrogen) atoms. The van der Waals surface area contributed by atoms with Crippen LogP contribution in [0.4, 0.5) is 15.3 Å². The molecule has 0 aliphatic carbocycles. The monoisotopic (exact) mass is 541 g/mol. The molecule has 2 aromatic rings. The predicted octanol–water partition coefficient (Wildman–Crippen LogP) is 5.31. The number of guanidine groups is 1. The molecule has 0 spiro atoms. The third kappa shape index (κ3) is 14.1. The van der Waals surface area contributed by atoms with Crippen LogP contribution >= 0.6 is 0 Å². The summed E-state index contributed by atoms with van der Waals surface area (Å²) in [7, 11) is 0. The molecule has 0 saturated heterocycles. The second-order valence-corrected chi connectivity index (χ2v) is 10.1. The average Bonchev–Trinajstić information content (AvgIpc) is 2.79. The van der Waals surface area contributed by atoms with Gasteiger partial charge in [0.25, 0.3) is 0 Å². The number of alkyl carbamates (subject to hydrolysis) is 2. The summed E-state index contributed by atoms with van der Waals surface area (Å²) >= 11 is 0. The van der Waals surface area contributed by atoms with Crippen LogP contribution < -0.4 is 15.4 Å². The highest BCUT2D eigenvalue weighted by Crippen LogP contribution is 2.18. The molecule has 0 bridgehead atoms. The Morgan fingerprint density at radius 3 is 1.67 bits per heavy atom. The van der Waals surface area contributed by atoms with Gasteiger partial charge in [0.1, 0.15) is 17.0 Å². The zero-order chi connectivity index (χ0) is 29.6. The highest BCUT2D eigenvalue weighted by molar-refractivity contribution is 6.02. The van der Waals surface area contributed by atoms with Crippen LogP contribution in [0.1, 0.15) is 70.8 Å². The highest BCUT2D eigenvalue weighted by atomic mass is 16.6. The number of esters is 1. The molecule has 0 saturated carbocycles. The lowest BCUT2D eigenvalue weighted by atomic mass is 10.1. The third-order valence-corrected chi connectivity index (χ3v) is 4.26. The van der Waals surface area contributed by atoms with Crippen LogP contribution in [0.3, 0.4) is 0 Å². The van der Waals surface area contributed by atoms with Crippen molar-refractivity contribution in [1.29, 1.82) is 0 Å². The van der Waals surface area contributed by atoms with Crippen molar-refractivity contribution in [3.05, 3.63) is 59.7 Å². The molecular formula is C28H35N3O8. The minimum Gasteiger partial charge on any atom is -0.444 e. The van der Waals surface area contributed by atoms with Crippen molar-refractivity contribution in [2.75, 3.05) is 0 Å². The van der Waals surface area contributed by atoms with Crippen molar-refractivity contribution in [3.63, 3.8) is 0 Å². The van der Waals surface area contributed by atoms with Gasteiger partial charge in [-0.25, -0.2) is 19.4 Å². The number of aryl methyl sites for hydroxylation is 1. The van der Waals surface area contributed by atoms with E-state index in [0.717, 1.165) is 12.8 Å². The van der Waals surface area contributed by atoms with Gasteiger partial charge in [0.15, 0.2) is 0 Å². The first kappa shape index (κ1) is 32.5. The van der Waals surface area contributed by atoms with Crippen molar-refractivity contribution in [2.24, 2.45) is 4.99 Å². The van der Waals surface area contributed by atoms with E-state index in [-0.39, 0.29) is 12.1 Å². The van der Waals surface area contributed by atoms with Gasteiger partial charge in [-0.15, -0.1) is 0 Å². The van der Waals surface area contributed by atoms with Crippen LogP contribution in [0.5, 0.6) is 5.75 Å². The van der Waals surface area contributed by atoms with E-state index >= 15 is 0 Å². The van der Waals surface area contributed by atoms with E-state index in [1.807, 2.05) is 12.1 Å². The van der Waals surface area contributed by atoms with Crippen molar-refractivity contribution in [3.8, 4) is 5.75 Å². The number of nitrogens with one attached hydrogen (secondary N) is 2. The zero-order valence-electron chi connectivity index (χ0n) is 23.2. The quantitative estimate of drug-likeness (QED) is 0.224. The summed E-state index contributed by atoms with van der Waals surface area (Å²) in [5.74, 6) is -0.263. The second-order valence-electron chi connectivity index (χ2n) is 10.1. The van der Waals surface area contributed by atoms with E-state index in [1.165, 1.54) is 17.7 Å². The average molecular weight is 542 g/mol. The molecule has 11 heteroatoms. The first-order valence-electron chi connectivity index (χ1n) is 12.1. The Bertz CT molecular complexity index is 1140. The van der Waals surface area contributed by atoms with E-state index in [2.05, 4.69) is 22.5 Å². The van der Waals surface area contributed by atoms with E-state index in [9.17, 15) is 14.4 Å². The van der Waals surface area contributed by atoms with Crippen molar-refractivity contribution >= 4 is 36.0 Å². The number of amides is 2. The van der Waals surface area contributed by atoms with Gasteiger partial charge in [-0.1, -0.05) is 25.5 Å². The maximum atomic E-state index is 12.5. The molecule has 210 valence electrons. The number of carbonyl (C=O) groups is 3. The number of nitrogens with zero attached hydrogens (tertiary/aromatic N) is 1. The van der Waals surface area contributed by atoms with Gasteiger partial charge in [-0.05, 0) is 89.9 Å². The number of benzene rings is 2. The molecule has 0 aliphatic heterocycles. The zero-order valence-corrected chi connectivity index (χ0v) is 23.2. The van der Waals surface area contributed by atoms with Crippen LogP contribution in [0.25, 0.3) is 0 Å². The Kier molecular flexibility index (Phi) is 12.5. The summed E-state index contributed by atoms with van der Waals surface area (Å²) in [6.45, 7) is 12.4. The summed E-state index contributed by atoms with van der Waals surface area (Å²) in [5.41, 5.74) is 0.347. The molecule has 0 unspecified atom stereocenters. The molecule has 2 aromatic carbocycles. The van der Waals surface area contributed by atoms with Gasteiger partial charge in [0.2, 0.25) is 5.96 Å². The molecule has 11 nitrogen and oxygen atoms in total.